The Morgan fingerprint density at radius 3 is 2.33 bits per heavy atom. The molecular weight excluding hydrogens is 388 g/mol. The molecule has 4 atom stereocenters. The Kier molecular flexibility index (Phi) is 4.02. The second-order valence-electron chi connectivity index (χ2n) is 7.71. The Bertz CT molecular complexity index is 1110. The van der Waals surface area contributed by atoms with Crippen LogP contribution in [0.5, 0.6) is 5.75 Å². The van der Waals surface area contributed by atoms with Gasteiger partial charge < -0.3 is 4.74 Å². The predicted octanol–water partition coefficient (Wildman–Crippen LogP) is 3.13. The zero-order valence-corrected chi connectivity index (χ0v) is 15.6. The summed E-state index contributed by atoms with van der Waals surface area (Å²) in [4.78, 5) is 49.8. The Morgan fingerprint density at radius 1 is 1.00 bits per heavy atom. The lowest BCUT2D eigenvalue weighted by atomic mass is 9.85. The van der Waals surface area contributed by atoms with Crippen LogP contribution >= 0.6 is 0 Å². The molecule has 3 aliphatic rings. The number of hydrogen-bond donors (Lipinski definition) is 0. The number of imide groups is 1. The van der Waals surface area contributed by atoms with Crippen molar-refractivity contribution in [2.45, 2.75) is 6.42 Å². The second-order valence-corrected chi connectivity index (χ2v) is 7.71. The summed E-state index contributed by atoms with van der Waals surface area (Å²) in [5, 5.41) is 10.9. The van der Waals surface area contributed by atoms with E-state index in [-0.39, 0.29) is 52.5 Å². The van der Waals surface area contributed by atoms with Crippen molar-refractivity contribution in [1.29, 1.82) is 0 Å². The SMILES string of the molecule is O=C(Oc1cccc(N2C(=O)[C@@H]3[C@@H](C2=O)[C@H]2C=C[C@H]3C2)c1)c1cccc([N+](=O)[O-])c1. The van der Waals surface area contributed by atoms with Crippen molar-refractivity contribution in [1.82, 2.24) is 0 Å². The molecule has 150 valence electrons. The summed E-state index contributed by atoms with van der Waals surface area (Å²) in [6, 6.07) is 11.4. The van der Waals surface area contributed by atoms with Gasteiger partial charge in [-0.3, -0.25) is 19.7 Å². The van der Waals surface area contributed by atoms with E-state index in [1.807, 2.05) is 12.2 Å². The average molecular weight is 404 g/mol. The summed E-state index contributed by atoms with van der Waals surface area (Å²) < 4.78 is 5.33. The largest absolute Gasteiger partial charge is 0.423 e. The van der Waals surface area contributed by atoms with Crippen LogP contribution in [0.25, 0.3) is 0 Å². The minimum Gasteiger partial charge on any atom is -0.423 e. The summed E-state index contributed by atoms with van der Waals surface area (Å²) in [6.07, 6.45) is 4.90. The third-order valence-corrected chi connectivity index (χ3v) is 6.05. The van der Waals surface area contributed by atoms with Crippen LogP contribution in [0.15, 0.2) is 60.7 Å². The molecule has 0 unspecified atom stereocenters. The van der Waals surface area contributed by atoms with E-state index < -0.39 is 10.9 Å². The smallest absolute Gasteiger partial charge is 0.343 e. The van der Waals surface area contributed by atoms with Gasteiger partial charge in [-0.15, -0.1) is 0 Å². The number of carbonyl (C=O) groups is 3. The number of nitro benzene ring substituents is 1. The molecule has 2 aromatic carbocycles. The highest BCUT2D eigenvalue weighted by Gasteiger charge is 2.59. The quantitative estimate of drug-likeness (QED) is 0.194. The summed E-state index contributed by atoms with van der Waals surface area (Å²) >= 11 is 0. The molecule has 0 aromatic heterocycles. The molecule has 30 heavy (non-hydrogen) atoms. The van der Waals surface area contributed by atoms with Crippen molar-refractivity contribution >= 4 is 29.2 Å². The van der Waals surface area contributed by atoms with Crippen LogP contribution in [0, 0.1) is 33.8 Å². The Labute approximate surface area is 170 Å². The van der Waals surface area contributed by atoms with E-state index in [4.69, 9.17) is 4.74 Å². The lowest BCUT2D eigenvalue weighted by molar-refractivity contribution is -0.384. The Morgan fingerprint density at radius 2 is 1.67 bits per heavy atom. The molecule has 8 heteroatoms. The second kappa shape index (κ2) is 6.62. The van der Waals surface area contributed by atoms with E-state index in [1.165, 1.54) is 35.2 Å². The molecule has 2 amide bonds. The summed E-state index contributed by atoms with van der Waals surface area (Å²) in [6.45, 7) is 0. The molecule has 0 spiro atoms. The third kappa shape index (κ3) is 2.72. The maximum atomic E-state index is 12.9. The Balaban J connectivity index is 1.38. The highest BCUT2D eigenvalue weighted by molar-refractivity contribution is 6.22. The molecule has 1 heterocycles. The van der Waals surface area contributed by atoms with Crippen molar-refractivity contribution < 1.29 is 24.0 Å². The van der Waals surface area contributed by atoms with Gasteiger partial charge in [0.05, 0.1) is 28.0 Å². The number of allylic oxidation sites excluding steroid dienone is 2. The van der Waals surface area contributed by atoms with Gasteiger partial charge in [0.2, 0.25) is 11.8 Å². The van der Waals surface area contributed by atoms with Crippen molar-refractivity contribution in [3.63, 3.8) is 0 Å². The van der Waals surface area contributed by atoms with Gasteiger partial charge in [-0.1, -0.05) is 24.3 Å². The van der Waals surface area contributed by atoms with Gasteiger partial charge in [0.25, 0.3) is 5.69 Å². The molecule has 0 N–H and O–H groups in total. The summed E-state index contributed by atoms with van der Waals surface area (Å²) in [5.41, 5.74) is 0.157. The Hall–Kier alpha value is -3.81. The first-order valence-corrected chi connectivity index (χ1v) is 9.57. The van der Waals surface area contributed by atoms with E-state index in [0.29, 0.717) is 5.69 Å². The van der Waals surface area contributed by atoms with Crippen LogP contribution in [-0.4, -0.2) is 22.7 Å². The van der Waals surface area contributed by atoms with Crippen LogP contribution in [0.1, 0.15) is 16.8 Å². The van der Waals surface area contributed by atoms with E-state index in [2.05, 4.69) is 0 Å². The first kappa shape index (κ1) is 18.2. The van der Waals surface area contributed by atoms with Crippen molar-refractivity contribution in [3.05, 3.63) is 76.4 Å². The minimum absolute atomic E-state index is 0.0279. The van der Waals surface area contributed by atoms with Crippen LogP contribution in [0.2, 0.25) is 0 Å². The number of esters is 1. The first-order valence-electron chi connectivity index (χ1n) is 9.57. The van der Waals surface area contributed by atoms with Gasteiger partial charge >= 0.3 is 5.97 Å². The van der Waals surface area contributed by atoms with E-state index in [1.54, 1.807) is 12.1 Å². The normalized spacial score (nSPS) is 26.2. The number of benzene rings is 2. The minimum atomic E-state index is -0.769. The molecule has 0 radical (unpaired) electrons. The number of ether oxygens (including phenoxy) is 1. The zero-order chi connectivity index (χ0) is 21.0. The number of nitrogens with zero attached hydrogens (tertiary/aromatic N) is 2. The van der Waals surface area contributed by atoms with E-state index in [9.17, 15) is 24.5 Å². The number of fused-ring (bicyclic) bond motifs is 5. The number of rotatable bonds is 4. The van der Waals surface area contributed by atoms with E-state index >= 15 is 0 Å². The maximum absolute atomic E-state index is 12.9. The van der Waals surface area contributed by atoms with Crippen molar-refractivity contribution in [2.24, 2.45) is 23.7 Å². The molecule has 2 aliphatic carbocycles. The van der Waals surface area contributed by atoms with Crippen LogP contribution in [0.3, 0.4) is 0 Å². The van der Waals surface area contributed by atoms with E-state index in [0.717, 1.165) is 12.5 Å². The average Bonchev–Trinajstić information content (AvgIpc) is 3.42. The standard InChI is InChI=1S/C22H16N2O6/c25-20-18-12-7-8-13(9-12)19(18)21(26)23(20)15-4-2-6-17(11-15)30-22(27)14-3-1-5-16(10-14)24(28)29/h1-8,10-13,18-19H,9H2/t12-,13-,18-,19-/m0/s1. The molecule has 1 saturated heterocycles. The number of anilines is 1. The van der Waals surface area contributed by atoms with Gasteiger partial charge in [-0.05, 0) is 36.5 Å². The fourth-order valence-corrected chi connectivity index (χ4v) is 4.76. The summed E-state index contributed by atoms with van der Waals surface area (Å²) in [5.74, 6) is -1.48. The lowest BCUT2D eigenvalue weighted by Crippen LogP contribution is -2.32. The maximum Gasteiger partial charge on any atom is 0.343 e. The fourth-order valence-electron chi connectivity index (χ4n) is 4.76. The molecule has 8 nitrogen and oxygen atoms in total. The fraction of sp³-hybridized carbons (Fsp3) is 0.227. The van der Waals surface area contributed by atoms with Crippen molar-refractivity contribution in [2.75, 3.05) is 4.90 Å². The zero-order valence-electron chi connectivity index (χ0n) is 15.6. The lowest BCUT2D eigenvalue weighted by Gasteiger charge is -2.18. The molecule has 2 fully saturated rings. The first-order chi connectivity index (χ1) is 14.4. The van der Waals surface area contributed by atoms with Gasteiger partial charge in [0.1, 0.15) is 5.75 Å². The van der Waals surface area contributed by atoms with Crippen LogP contribution in [0.4, 0.5) is 11.4 Å². The number of non-ortho nitro benzene ring substituents is 1. The van der Waals surface area contributed by atoms with Crippen LogP contribution < -0.4 is 9.64 Å². The number of hydrogen-bond acceptors (Lipinski definition) is 6. The molecule has 1 saturated carbocycles. The topological polar surface area (TPSA) is 107 Å². The number of carbonyl (C=O) groups excluding carboxylic acids is 3. The summed E-state index contributed by atoms with van der Waals surface area (Å²) in [7, 11) is 0. The molecule has 1 aliphatic heterocycles. The van der Waals surface area contributed by atoms with Gasteiger partial charge in [0.15, 0.2) is 0 Å². The monoisotopic (exact) mass is 404 g/mol. The molecular formula is C22H16N2O6. The molecule has 2 bridgehead atoms. The van der Waals surface area contributed by atoms with Crippen molar-refractivity contribution in [3.8, 4) is 5.75 Å². The van der Waals surface area contributed by atoms with Crippen LogP contribution in [-0.2, 0) is 9.59 Å². The predicted molar refractivity (Wildman–Crippen MR) is 105 cm³/mol. The van der Waals surface area contributed by atoms with Gasteiger partial charge in [-0.2, -0.15) is 0 Å². The van der Waals surface area contributed by atoms with Gasteiger partial charge in [-0.25, -0.2) is 9.69 Å². The number of amides is 2. The molecule has 5 rings (SSSR count). The highest BCUT2D eigenvalue weighted by atomic mass is 16.6. The highest BCUT2D eigenvalue weighted by Crippen LogP contribution is 2.53. The molecule has 2 aromatic rings. The van der Waals surface area contributed by atoms with Gasteiger partial charge in [0, 0.05) is 18.2 Å². The number of nitro groups is 1. The third-order valence-electron chi connectivity index (χ3n) is 6.05.